The fraction of sp³-hybridized carbons (Fsp3) is 0.200. The molecule has 8 nitrogen and oxygen atoms in total. The Bertz CT molecular complexity index is 1280. The number of carbonyl (C=O) groups is 1. The minimum absolute atomic E-state index is 0.0270. The SMILES string of the molecule is C#CCn1c(=NC(=O)COc2ccc(OCC)cc2)sc2cc(S(N)(=O)=O)ccc21. The predicted octanol–water partition coefficient (Wildman–Crippen LogP) is 1.89. The van der Waals surface area contributed by atoms with Crippen LogP contribution >= 0.6 is 11.3 Å². The number of fused-ring (bicyclic) bond motifs is 1. The Morgan fingerprint density at radius 3 is 2.47 bits per heavy atom. The summed E-state index contributed by atoms with van der Waals surface area (Å²) in [5, 5.41) is 5.19. The molecule has 0 aliphatic carbocycles. The zero-order valence-corrected chi connectivity index (χ0v) is 17.7. The summed E-state index contributed by atoms with van der Waals surface area (Å²) < 4.78 is 36.3. The van der Waals surface area contributed by atoms with Crippen LogP contribution in [-0.4, -0.2) is 32.1 Å². The molecule has 0 aliphatic rings. The maximum atomic E-state index is 12.3. The lowest BCUT2D eigenvalue weighted by Gasteiger charge is -2.06. The lowest BCUT2D eigenvalue weighted by Crippen LogP contribution is -2.19. The van der Waals surface area contributed by atoms with Gasteiger partial charge in [-0.05, 0) is 49.4 Å². The predicted molar refractivity (Wildman–Crippen MR) is 114 cm³/mol. The molecule has 0 atom stereocenters. The van der Waals surface area contributed by atoms with Crippen LogP contribution in [0.4, 0.5) is 0 Å². The van der Waals surface area contributed by atoms with Crippen molar-refractivity contribution in [3.8, 4) is 23.8 Å². The molecule has 2 aromatic carbocycles. The van der Waals surface area contributed by atoms with Gasteiger partial charge in [-0.15, -0.1) is 6.42 Å². The monoisotopic (exact) mass is 445 g/mol. The smallest absolute Gasteiger partial charge is 0.286 e. The van der Waals surface area contributed by atoms with Crippen molar-refractivity contribution in [1.29, 1.82) is 0 Å². The van der Waals surface area contributed by atoms with E-state index in [0.29, 0.717) is 33.1 Å². The van der Waals surface area contributed by atoms with Crippen LogP contribution in [0.3, 0.4) is 0 Å². The van der Waals surface area contributed by atoms with E-state index in [2.05, 4.69) is 10.9 Å². The molecule has 0 radical (unpaired) electrons. The molecular formula is C20H19N3O5S2. The number of rotatable bonds is 7. The Morgan fingerprint density at radius 2 is 1.87 bits per heavy atom. The number of hydrogen-bond acceptors (Lipinski definition) is 6. The van der Waals surface area contributed by atoms with E-state index in [1.54, 1.807) is 34.9 Å². The number of terminal acetylenes is 1. The van der Waals surface area contributed by atoms with Gasteiger partial charge in [0, 0.05) is 0 Å². The fourth-order valence-electron chi connectivity index (χ4n) is 2.64. The van der Waals surface area contributed by atoms with E-state index >= 15 is 0 Å². The average Bonchev–Trinajstić information content (AvgIpc) is 3.04. The summed E-state index contributed by atoms with van der Waals surface area (Å²) in [4.78, 5) is 16.7. The van der Waals surface area contributed by atoms with Crippen molar-refractivity contribution in [2.24, 2.45) is 10.1 Å². The van der Waals surface area contributed by atoms with Gasteiger partial charge in [-0.25, -0.2) is 13.6 Å². The average molecular weight is 446 g/mol. The van der Waals surface area contributed by atoms with Crippen LogP contribution in [0.2, 0.25) is 0 Å². The summed E-state index contributed by atoms with van der Waals surface area (Å²) in [5.41, 5.74) is 0.657. The maximum Gasteiger partial charge on any atom is 0.286 e. The molecule has 0 saturated heterocycles. The highest BCUT2D eigenvalue weighted by molar-refractivity contribution is 7.89. The number of amides is 1. The second kappa shape index (κ2) is 9.13. The second-order valence-electron chi connectivity index (χ2n) is 6.05. The Kier molecular flexibility index (Phi) is 6.56. The number of hydrogen-bond donors (Lipinski definition) is 1. The highest BCUT2D eigenvalue weighted by Gasteiger charge is 2.13. The van der Waals surface area contributed by atoms with Crippen LogP contribution in [-0.2, 0) is 21.4 Å². The molecule has 10 heteroatoms. The van der Waals surface area contributed by atoms with E-state index in [4.69, 9.17) is 21.0 Å². The Labute approximate surface area is 177 Å². The van der Waals surface area contributed by atoms with Crippen LogP contribution < -0.4 is 19.4 Å². The fourth-order valence-corrected chi connectivity index (χ4v) is 4.34. The first kappa shape index (κ1) is 21.6. The van der Waals surface area contributed by atoms with E-state index in [9.17, 15) is 13.2 Å². The molecule has 0 saturated carbocycles. The molecular weight excluding hydrogens is 426 g/mol. The van der Waals surface area contributed by atoms with Gasteiger partial charge in [0.15, 0.2) is 11.4 Å². The lowest BCUT2D eigenvalue weighted by atomic mass is 10.3. The lowest BCUT2D eigenvalue weighted by molar-refractivity contribution is -0.120. The van der Waals surface area contributed by atoms with Gasteiger partial charge >= 0.3 is 0 Å². The van der Waals surface area contributed by atoms with Crippen molar-refractivity contribution in [2.75, 3.05) is 13.2 Å². The largest absolute Gasteiger partial charge is 0.494 e. The Hall–Kier alpha value is -3.13. The first-order valence-corrected chi connectivity index (χ1v) is 11.2. The molecule has 0 bridgehead atoms. The molecule has 1 heterocycles. The van der Waals surface area contributed by atoms with E-state index in [1.165, 1.54) is 12.1 Å². The first-order valence-electron chi connectivity index (χ1n) is 8.84. The highest BCUT2D eigenvalue weighted by Crippen LogP contribution is 2.21. The van der Waals surface area contributed by atoms with Crippen molar-refractivity contribution < 1.29 is 22.7 Å². The number of sulfonamides is 1. The van der Waals surface area contributed by atoms with E-state index < -0.39 is 15.9 Å². The Balaban J connectivity index is 1.85. The van der Waals surface area contributed by atoms with E-state index in [1.807, 2.05) is 6.92 Å². The van der Waals surface area contributed by atoms with Gasteiger partial charge in [-0.3, -0.25) is 4.79 Å². The van der Waals surface area contributed by atoms with Gasteiger partial charge < -0.3 is 14.0 Å². The topological polar surface area (TPSA) is 113 Å². The number of nitrogens with two attached hydrogens (primary N) is 1. The summed E-state index contributed by atoms with van der Waals surface area (Å²) in [7, 11) is -3.85. The standard InChI is InChI=1S/C20H19N3O5S2/c1-3-11-23-17-10-9-16(30(21,25)26)12-18(17)29-20(23)22-19(24)13-28-15-7-5-14(6-8-15)27-4-2/h1,5-10,12H,4,11,13H2,2H3,(H2,21,25,26). The summed E-state index contributed by atoms with van der Waals surface area (Å²) >= 11 is 1.14. The van der Waals surface area contributed by atoms with Crippen molar-refractivity contribution in [3.63, 3.8) is 0 Å². The van der Waals surface area contributed by atoms with Gasteiger partial charge in [0.2, 0.25) is 10.0 Å². The minimum Gasteiger partial charge on any atom is -0.494 e. The van der Waals surface area contributed by atoms with E-state index in [-0.39, 0.29) is 18.0 Å². The zero-order valence-electron chi connectivity index (χ0n) is 16.1. The number of benzene rings is 2. The molecule has 0 aliphatic heterocycles. The third-order valence-electron chi connectivity index (χ3n) is 3.95. The van der Waals surface area contributed by atoms with Crippen LogP contribution in [0.25, 0.3) is 10.2 Å². The third-order valence-corrected chi connectivity index (χ3v) is 5.90. The number of carbonyl (C=O) groups excluding carboxylic acids is 1. The summed E-state index contributed by atoms with van der Waals surface area (Å²) in [6, 6.07) is 11.3. The molecule has 1 amide bonds. The van der Waals surface area contributed by atoms with Gasteiger partial charge in [0.05, 0.1) is 28.3 Å². The summed E-state index contributed by atoms with van der Waals surface area (Å²) in [6.45, 7) is 2.35. The number of thiazole rings is 1. The summed E-state index contributed by atoms with van der Waals surface area (Å²) in [5.74, 6) is 3.22. The van der Waals surface area contributed by atoms with Crippen LogP contribution in [0.15, 0.2) is 52.4 Å². The minimum atomic E-state index is -3.85. The number of ether oxygens (including phenoxy) is 2. The molecule has 3 rings (SSSR count). The second-order valence-corrected chi connectivity index (χ2v) is 8.62. The van der Waals surface area contributed by atoms with Gasteiger partial charge in [0.25, 0.3) is 5.91 Å². The molecule has 0 fully saturated rings. The number of primary sulfonamides is 1. The molecule has 3 aromatic rings. The quantitative estimate of drug-likeness (QED) is 0.558. The molecule has 2 N–H and O–H groups in total. The van der Waals surface area contributed by atoms with Gasteiger partial charge in [-0.2, -0.15) is 4.99 Å². The van der Waals surface area contributed by atoms with Crippen LogP contribution in [0, 0.1) is 12.3 Å². The number of nitrogens with zero attached hydrogens (tertiary/aromatic N) is 2. The molecule has 30 heavy (non-hydrogen) atoms. The normalized spacial score (nSPS) is 12.0. The third kappa shape index (κ3) is 5.07. The summed E-state index contributed by atoms with van der Waals surface area (Å²) in [6.07, 6.45) is 5.43. The first-order chi connectivity index (χ1) is 14.3. The van der Waals surface area contributed by atoms with Crippen molar-refractivity contribution in [3.05, 3.63) is 47.3 Å². The van der Waals surface area contributed by atoms with Gasteiger partial charge in [0.1, 0.15) is 11.5 Å². The molecule has 0 spiro atoms. The molecule has 1 aromatic heterocycles. The van der Waals surface area contributed by atoms with Gasteiger partial charge in [-0.1, -0.05) is 17.3 Å². The van der Waals surface area contributed by atoms with Crippen molar-refractivity contribution in [1.82, 2.24) is 4.57 Å². The van der Waals surface area contributed by atoms with Crippen molar-refractivity contribution in [2.45, 2.75) is 18.4 Å². The molecule has 156 valence electrons. The Morgan fingerprint density at radius 1 is 1.20 bits per heavy atom. The van der Waals surface area contributed by atoms with Crippen LogP contribution in [0.5, 0.6) is 11.5 Å². The van der Waals surface area contributed by atoms with Crippen LogP contribution in [0.1, 0.15) is 6.92 Å². The zero-order chi connectivity index (χ0) is 21.7. The van der Waals surface area contributed by atoms with Crippen molar-refractivity contribution >= 4 is 37.5 Å². The number of aromatic nitrogens is 1. The molecule has 0 unspecified atom stereocenters. The maximum absolute atomic E-state index is 12.3. The highest BCUT2D eigenvalue weighted by atomic mass is 32.2. The van der Waals surface area contributed by atoms with E-state index in [0.717, 1.165) is 11.3 Å².